The van der Waals surface area contributed by atoms with Gasteiger partial charge in [-0.15, -0.1) is 0 Å². The second-order valence-electron chi connectivity index (χ2n) is 4.74. The van der Waals surface area contributed by atoms with Crippen molar-refractivity contribution < 1.29 is 14.0 Å². The molecule has 0 radical (unpaired) electrons. The van der Waals surface area contributed by atoms with Gasteiger partial charge in [-0.2, -0.15) is 0 Å². The number of aromatic nitrogens is 1. The summed E-state index contributed by atoms with van der Waals surface area (Å²) < 4.78 is 14.8. The number of hydrogen-bond acceptors (Lipinski definition) is 4. The van der Waals surface area contributed by atoms with Gasteiger partial charge in [-0.05, 0) is 30.3 Å². The summed E-state index contributed by atoms with van der Waals surface area (Å²) in [4.78, 5) is 35.2. The summed E-state index contributed by atoms with van der Waals surface area (Å²) >= 11 is 0.897. The highest BCUT2D eigenvalue weighted by atomic mass is 32.1. The molecule has 22 heavy (non-hydrogen) atoms. The smallest absolute Gasteiger partial charge is 0.289 e. The minimum atomic E-state index is -0.487. The van der Waals surface area contributed by atoms with E-state index in [1.165, 1.54) is 31.2 Å². The molecule has 0 saturated carbocycles. The maximum absolute atomic E-state index is 13.2. The summed E-state index contributed by atoms with van der Waals surface area (Å²) in [6, 6.07) is 10.1. The molecular formula is C16H10FNO3S. The average molecular weight is 315 g/mol. The highest BCUT2D eigenvalue weighted by molar-refractivity contribution is 7.16. The number of thiazole rings is 1. The fourth-order valence-electron chi connectivity index (χ4n) is 2.25. The molecule has 0 N–H and O–H groups in total. The molecule has 0 unspecified atom stereocenters. The molecule has 0 fully saturated rings. The van der Waals surface area contributed by atoms with E-state index in [9.17, 15) is 18.8 Å². The second kappa shape index (κ2) is 5.31. The zero-order valence-corrected chi connectivity index (χ0v) is 12.3. The monoisotopic (exact) mass is 315 g/mol. The summed E-state index contributed by atoms with van der Waals surface area (Å²) in [5.74, 6) is -1.20. The number of ketones is 1. The molecule has 0 atom stereocenters. The summed E-state index contributed by atoms with van der Waals surface area (Å²) in [6.45, 7) is 1.30. The van der Waals surface area contributed by atoms with E-state index >= 15 is 0 Å². The first-order valence-electron chi connectivity index (χ1n) is 6.44. The van der Waals surface area contributed by atoms with Crippen LogP contribution < -0.4 is 4.87 Å². The standard InChI is InChI=1S/C16H10FNO3S/c1-9(19)18-13-6-5-11(8-14(13)22-16(18)21)15(20)10-3-2-4-12(17)7-10/h2-8H,1H3. The summed E-state index contributed by atoms with van der Waals surface area (Å²) in [5, 5.41) is 0. The van der Waals surface area contributed by atoms with Crippen LogP contribution in [0.2, 0.25) is 0 Å². The van der Waals surface area contributed by atoms with Gasteiger partial charge in [0.05, 0.1) is 10.2 Å². The van der Waals surface area contributed by atoms with Gasteiger partial charge in [0, 0.05) is 18.1 Å². The van der Waals surface area contributed by atoms with Crippen molar-refractivity contribution in [2.75, 3.05) is 0 Å². The number of nitrogens with zero attached hydrogens (tertiary/aromatic N) is 1. The quantitative estimate of drug-likeness (QED) is 0.683. The zero-order chi connectivity index (χ0) is 15.9. The predicted octanol–water partition coefficient (Wildman–Crippen LogP) is 3.09. The van der Waals surface area contributed by atoms with Gasteiger partial charge in [0.1, 0.15) is 5.82 Å². The molecule has 1 aromatic heterocycles. The van der Waals surface area contributed by atoms with Crippen LogP contribution in [0.5, 0.6) is 0 Å². The molecule has 0 aliphatic heterocycles. The van der Waals surface area contributed by atoms with Gasteiger partial charge < -0.3 is 0 Å². The molecule has 0 aliphatic rings. The number of halogens is 1. The number of hydrogen-bond donors (Lipinski definition) is 0. The van der Waals surface area contributed by atoms with Crippen molar-refractivity contribution in [3.63, 3.8) is 0 Å². The van der Waals surface area contributed by atoms with Gasteiger partial charge in [0.25, 0.3) is 0 Å². The molecule has 0 bridgehead atoms. The van der Waals surface area contributed by atoms with Crippen molar-refractivity contribution in [3.8, 4) is 0 Å². The zero-order valence-electron chi connectivity index (χ0n) is 11.5. The summed E-state index contributed by atoms with van der Waals surface area (Å²) in [6.07, 6.45) is 0. The van der Waals surface area contributed by atoms with E-state index in [2.05, 4.69) is 0 Å². The molecule has 110 valence electrons. The van der Waals surface area contributed by atoms with E-state index < -0.39 is 10.7 Å². The maximum atomic E-state index is 13.2. The molecular weight excluding hydrogens is 305 g/mol. The lowest BCUT2D eigenvalue weighted by atomic mass is 10.0. The van der Waals surface area contributed by atoms with Crippen LogP contribution in [0, 0.1) is 5.82 Å². The van der Waals surface area contributed by atoms with Crippen LogP contribution in [-0.4, -0.2) is 16.3 Å². The van der Waals surface area contributed by atoms with E-state index in [1.54, 1.807) is 12.1 Å². The van der Waals surface area contributed by atoms with Gasteiger partial charge in [-0.3, -0.25) is 14.4 Å². The van der Waals surface area contributed by atoms with Crippen LogP contribution in [-0.2, 0) is 0 Å². The molecule has 4 nitrogen and oxygen atoms in total. The number of carbonyl (C=O) groups excluding carboxylic acids is 2. The molecule has 6 heteroatoms. The Kier molecular flexibility index (Phi) is 3.46. The van der Waals surface area contributed by atoms with Crippen LogP contribution in [0.3, 0.4) is 0 Å². The van der Waals surface area contributed by atoms with Crippen LogP contribution in [0.25, 0.3) is 10.2 Å². The van der Waals surface area contributed by atoms with Crippen molar-refractivity contribution in [1.82, 2.24) is 4.57 Å². The van der Waals surface area contributed by atoms with Gasteiger partial charge >= 0.3 is 4.87 Å². The summed E-state index contributed by atoms with van der Waals surface area (Å²) in [5.41, 5.74) is 1.05. The minimum Gasteiger partial charge on any atom is -0.289 e. The SMILES string of the molecule is CC(=O)n1c(=O)sc2cc(C(=O)c3cccc(F)c3)ccc21. The average Bonchev–Trinajstić information content (AvgIpc) is 2.81. The fraction of sp³-hybridized carbons (Fsp3) is 0.0625. The second-order valence-corrected chi connectivity index (χ2v) is 5.74. The first-order chi connectivity index (χ1) is 10.5. The van der Waals surface area contributed by atoms with E-state index in [0.717, 1.165) is 22.0 Å². The van der Waals surface area contributed by atoms with E-state index in [0.29, 0.717) is 15.8 Å². The predicted molar refractivity (Wildman–Crippen MR) is 82.2 cm³/mol. The highest BCUT2D eigenvalue weighted by Crippen LogP contribution is 2.21. The first-order valence-corrected chi connectivity index (χ1v) is 7.26. The van der Waals surface area contributed by atoms with E-state index in [-0.39, 0.29) is 17.3 Å². The topological polar surface area (TPSA) is 56.1 Å². The van der Waals surface area contributed by atoms with E-state index in [1.807, 2.05) is 0 Å². The molecule has 0 saturated heterocycles. The van der Waals surface area contributed by atoms with Crippen LogP contribution in [0.15, 0.2) is 47.3 Å². The van der Waals surface area contributed by atoms with Gasteiger partial charge in [-0.25, -0.2) is 8.96 Å². The molecule has 0 aliphatic carbocycles. The number of fused-ring (bicyclic) bond motifs is 1. The van der Waals surface area contributed by atoms with E-state index in [4.69, 9.17) is 0 Å². The first kappa shape index (κ1) is 14.3. The van der Waals surface area contributed by atoms with Crippen molar-refractivity contribution in [2.45, 2.75) is 6.92 Å². The number of rotatable bonds is 2. The Balaban J connectivity index is 2.12. The summed E-state index contributed by atoms with van der Waals surface area (Å²) in [7, 11) is 0. The van der Waals surface area contributed by atoms with Gasteiger partial charge in [0.2, 0.25) is 5.91 Å². The van der Waals surface area contributed by atoms with Gasteiger partial charge in [-0.1, -0.05) is 23.5 Å². The van der Waals surface area contributed by atoms with Crippen LogP contribution in [0.1, 0.15) is 27.6 Å². The third-order valence-electron chi connectivity index (χ3n) is 3.24. The molecule has 0 amide bonds. The van der Waals surface area contributed by atoms with Crippen LogP contribution >= 0.6 is 11.3 Å². The van der Waals surface area contributed by atoms with Crippen molar-refractivity contribution in [1.29, 1.82) is 0 Å². The Morgan fingerprint density at radius 3 is 2.50 bits per heavy atom. The third kappa shape index (κ3) is 2.37. The van der Waals surface area contributed by atoms with Gasteiger partial charge in [0.15, 0.2) is 5.78 Å². The molecule has 3 aromatic rings. The molecule has 0 spiro atoms. The Labute approximate surface area is 128 Å². The Morgan fingerprint density at radius 1 is 1.09 bits per heavy atom. The lowest BCUT2D eigenvalue weighted by Gasteiger charge is -2.02. The minimum absolute atomic E-state index is 0.234. The maximum Gasteiger partial charge on any atom is 0.314 e. The number of benzene rings is 2. The molecule has 3 rings (SSSR count). The van der Waals surface area contributed by atoms with Crippen molar-refractivity contribution in [2.24, 2.45) is 0 Å². The lowest BCUT2D eigenvalue weighted by Crippen LogP contribution is -2.18. The molecule has 1 heterocycles. The highest BCUT2D eigenvalue weighted by Gasteiger charge is 2.15. The largest absolute Gasteiger partial charge is 0.314 e. The lowest BCUT2D eigenvalue weighted by molar-refractivity contribution is 0.0939. The Hall–Kier alpha value is -2.60. The van der Waals surface area contributed by atoms with Crippen molar-refractivity contribution >= 4 is 33.2 Å². The third-order valence-corrected chi connectivity index (χ3v) is 4.15. The normalized spacial score (nSPS) is 10.8. The molecule has 2 aromatic carbocycles. The van der Waals surface area contributed by atoms with Crippen molar-refractivity contribution in [3.05, 3.63) is 69.1 Å². The Bertz CT molecular complexity index is 971. The Morgan fingerprint density at radius 2 is 1.82 bits per heavy atom. The van der Waals surface area contributed by atoms with Crippen LogP contribution in [0.4, 0.5) is 4.39 Å². The fourth-order valence-corrected chi connectivity index (χ4v) is 3.21. The number of carbonyl (C=O) groups is 2.